The fraction of sp³-hybridized carbons (Fsp3) is 0.0714. The Labute approximate surface area is 131 Å². The topological polar surface area (TPSA) is 141 Å². The number of aromatic nitrogens is 3. The molecule has 0 atom stereocenters. The average molecular weight is 311 g/mol. The fourth-order valence-corrected chi connectivity index (χ4v) is 1.74. The van der Waals surface area contributed by atoms with Crippen molar-refractivity contribution in [2.24, 2.45) is 0 Å². The quantitative estimate of drug-likeness (QED) is 0.430. The molecule has 1 aromatic carbocycles. The first-order chi connectivity index (χ1) is 11.0. The number of hydrogen-bond acceptors (Lipinski definition) is 7. The van der Waals surface area contributed by atoms with Crippen LogP contribution < -0.4 is 16.0 Å². The number of anilines is 3. The number of amides is 2. The molecule has 0 saturated carbocycles. The van der Waals surface area contributed by atoms with Gasteiger partial charge in [0, 0.05) is 18.8 Å². The van der Waals surface area contributed by atoms with Crippen molar-refractivity contribution in [1.29, 1.82) is 5.26 Å². The molecule has 0 unspecified atom stereocenters. The van der Waals surface area contributed by atoms with E-state index in [1.165, 1.54) is 25.4 Å². The molecule has 1 heterocycles. The lowest BCUT2D eigenvalue weighted by Crippen LogP contribution is -2.36. The number of nitrogens with zero attached hydrogens (tertiary/aromatic N) is 4. The first-order valence-electron chi connectivity index (χ1n) is 6.45. The van der Waals surface area contributed by atoms with Gasteiger partial charge in [0.05, 0.1) is 5.69 Å². The second-order valence-corrected chi connectivity index (χ2v) is 4.40. The highest BCUT2D eigenvalue weighted by Gasteiger charge is 2.23. The maximum Gasteiger partial charge on any atom is 0.277 e. The van der Waals surface area contributed by atoms with Crippen LogP contribution in [-0.4, -0.2) is 27.0 Å². The zero-order valence-electron chi connectivity index (χ0n) is 12.1. The van der Waals surface area contributed by atoms with E-state index in [4.69, 9.17) is 11.0 Å². The Morgan fingerprint density at radius 1 is 1.39 bits per heavy atom. The van der Waals surface area contributed by atoms with Gasteiger partial charge in [-0.25, -0.2) is 10.00 Å². The van der Waals surface area contributed by atoms with Crippen LogP contribution in [0.5, 0.6) is 0 Å². The van der Waals surface area contributed by atoms with Crippen LogP contribution in [0.15, 0.2) is 42.4 Å². The molecule has 0 aliphatic carbocycles. The molecule has 0 aliphatic rings. The minimum atomic E-state index is -0.767. The Balaban J connectivity index is 2.28. The van der Waals surface area contributed by atoms with Gasteiger partial charge in [-0.15, -0.1) is 0 Å². The summed E-state index contributed by atoms with van der Waals surface area (Å²) in [5.41, 5.74) is 6.13. The normalized spacial score (nSPS) is 10.7. The second kappa shape index (κ2) is 6.86. The lowest BCUT2D eigenvalue weighted by atomic mass is 10.2. The molecule has 0 bridgehead atoms. The first-order valence-corrected chi connectivity index (χ1v) is 6.45. The molecule has 0 saturated heterocycles. The third-order valence-corrected chi connectivity index (χ3v) is 2.79. The van der Waals surface area contributed by atoms with Gasteiger partial charge in [0.15, 0.2) is 0 Å². The summed E-state index contributed by atoms with van der Waals surface area (Å²) in [5.74, 6) is -1.04. The molecule has 116 valence electrons. The lowest BCUT2D eigenvalue weighted by molar-refractivity contribution is -0.123. The molecule has 0 aliphatic heterocycles. The van der Waals surface area contributed by atoms with Crippen LogP contribution in [0.25, 0.3) is 0 Å². The molecule has 2 aromatic rings. The maximum atomic E-state index is 12.5. The van der Waals surface area contributed by atoms with E-state index >= 15 is 0 Å². The van der Waals surface area contributed by atoms with E-state index in [2.05, 4.69) is 20.5 Å². The molecule has 0 radical (unpaired) electrons. The van der Waals surface area contributed by atoms with Crippen molar-refractivity contribution >= 4 is 29.1 Å². The highest BCUT2D eigenvalue weighted by Crippen LogP contribution is 2.19. The van der Waals surface area contributed by atoms with Gasteiger partial charge < -0.3 is 11.1 Å². The Bertz CT molecular complexity index is 772. The summed E-state index contributed by atoms with van der Waals surface area (Å²) in [7, 11) is 0. The molecule has 0 spiro atoms. The number of H-pyrrole nitrogens is 1. The van der Waals surface area contributed by atoms with Crippen LogP contribution in [-0.2, 0) is 9.59 Å². The van der Waals surface area contributed by atoms with E-state index in [1.807, 2.05) is 0 Å². The van der Waals surface area contributed by atoms with Gasteiger partial charge in [-0.2, -0.15) is 15.3 Å². The number of benzene rings is 1. The number of imide groups is 1. The largest absolute Gasteiger partial charge is 0.399 e. The summed E-state index contributed by atoms with van der Waals surface area (Å²) < 4.78 is 0. The van der Waals surface area contributed by atoms with Gasteiger partial charge in [0.25, 0.3) is 5.91 Å². The molecule has 2 rings (SSSR count). The zero-order chi connectivity index (χ0) is 16.8. The van der Waals surface area contributed by atoms with E-state index < -0.39 is 11.8 Å². The van der Waals surface area contributed by atoms with E-state index in [0.29, 0.717) is 11.4 Å². The molecule has 4 N–H and O–H groups in total. The van der Waals surface area contributed by atoms with Crippen LogP contribution in [0.4, 0.5) is 17.3 Å². The van der Waals surface area contributed by atoms with Crippen molar-refractivity contribution in [1.82, 2.24) is 15.2 Å². The zero-order valence-corrected chi connectivity index (χ0v) is 12.1. The lowest BCUT2D eigenvalue weighted by Gasteiger charge is -2.18. The van der Waals surface area contributed by atoms with Crippen molar-refractivity contribution in [3.63, 3.8) is 0 Å². The Hall–Kier alpha value is -3.67. The molecule has 23 heavy (non-hydrogen) atoms. The standard InChI is InChI=1S/C14H13N7O2/c1-9(22)21(12-4-2-11(16)3-5-12)13(23)10(6-15)7-17-14-18-8-19-20-14/h2-5,7-8H,16H2,1H3,(H2,17,18,19,20)/b10-7-. The summed E-state index contributed by atoms with van der Waals surface area (Å²) in [4.78, 5) is 28.9. The Morgan fingerprint density at radius 3 is 2.61 bits per heavy atom. The molecule has 0 fully saturated rings. The van der Waals surface area contributed by atoms with Crippen molar-refractivity contribution in [2.45, 2.75) is 6.92 Å². The smallest absolute Gasteiger partial charge is 0.277 e. The first kappa shape index (κ1) is 15.7. The Morgan fingerprint density at radius 2 is 2.09 bits per heavy atom. The minimum Gasteiger partial charge on any atom is -0.399 e. The van der Waals surface area contributed by atoms with Crippen LogP contribution in [0, 0.1) is 11.3 Å². The number of nitrogens with one attached hydrogen (secondary N) is 2. The number of nitrogens with two attached hydrogens (primary N) is 1. The second-order valence-electron chi connectivity index (χ2n) is 4.40. The van der Waals surface area contributed by atoms with Gasteiger partial charge >= 0.3 is 0 Å². The average Bonchev–Trinajstić information content (AvgIpc) is 3.03. The van der Waals surface area contributed by atoms with Gasteiger partial charge in [0.1, 0.15) is 18.0 Å². The number of carbonyl (C=O) groups is 2. The van der Waals surface area contributed by atoms with Crippen LogP contribution in [0.1, 0.15) is 6.92 Å². The highest BCUT2D eigenvalue weighted by atomic mass is 16.2. The maximum absolute atomic E-state index is 12.5. The molecule has 1 aromatic heterocycles. The summed E-state index contributed by atoms with van der Waals surface area (Å²) in [5, 5.41) is 17.9. The number of hydrogen-bond donors (Lipinski definition) is 3. The third-order valence-electron chi connectivity index (χ3n) is 2.79. The SMILES string of the molecule is CC(=O)N(C(=O)/C(C#N)=C\Nc1ncn[nH]1)c1ccc(N)cc1. The summed E-state index contributed by atoms with van der Waals surface area (Å²) in [6.07, 6.45) is 2.41. The highest BCUT2D eigenvalue weighted by molar-refractivity contribution is 6.21. The number of nitriles is 1. The van der Waals surface area contributed by atoms with Crippen LogP contribution in [0.2, 0.25) is 0 Å². The van der Waals surface area contributed by atoms with E-state index in [1.54, 1.807) is 18.2 Å². The van der Waals surface area contributed by atoms with Crippen LogP contribution >= 0.6 is 0 Å². The predicted molar refractivity (Wildman–Crippen MR) is 82.7 cm³/mol. The van der Waals surface area contributed by atoms with Gasteiger partial charge in [-0.05, 0) is 24.3 Å². The molecular formula is C14H13N7O2. The number of nitrogen functional groups attached to an aromatic ring is 1. The number of carbonyl (C=O) groups excluding carboxylic acids is 2. The van der Waals surface area contributed by atoms with E-state index in [-0.39, 0.29) is 11.5 Å². The van der Waals surface area contributed by atoms with Crippen LogP contribution in [0.3, 0.4) is 0 Å². The molecule has 2 amide bonds. The summed E-state index contributed by atoms with van der Waals surface area (Å²) in [6, 6.07) is 7.91. The van der Waals surface area contributed by atoms with E-state index in [0.717, 1.165) is 11.1 Å². The monoisotopic (exact) mass is 311 g/mol. The predicted octanol–water partition coefficient (Wildman–Crippen LogP) is 0.786. The van der Waals surface area contributed by atoms with Crippen molar-refractivity contribution < 1.29 is 9.59 Å². The van der Waals surface area contributed by atoms with Crippen molar-refractivity contribution in [2.75, 3.05) is 16.0 Å². The molecular weight excluding hydrogens is 298 g/mol. The minimum absolute atomic E-state index is 0.257. The van der Waals surface area contributed by atoms with Crippen molar-refractivity contribution in [3.8, 4) is 6.07 Å². The fourth-order valence-electron chi connectivity index (χ4n) is 1.74. The number of rotatable bonds is 4. The number of aromatic amines is 1. The van der Waals surface area contributed by atoms with Crippen molar-refractivity contribution in [3.05, 3.63) is 42.4 Å². The third kappa shape index (κ3) is 3.70. The van der Waals surface area contributed by atoms with Gasteiger partial charge in [-0.3, -0.25) is 9.59 Å². The summed E-state index contributed by atoms with van der Waals surface area (Å²) in [6.45, 7) is 1.23. The molecule has 9 nitrogen and oxygen atoms in total. The van der Waals surface area contributed by atoms with E-state index in [9.17, 15) is 9.59 Å². The Kier molecular flexibility index (Phi) is 4.69. The summed E-state index contributed by atoms with van der Waals surface area (Å²) >= 11 is 0. The van der Waals surface area contributed by atoms with Gasteiger partial charge in [-0.1, -0.05) is 0 Å². The van der Waals surface area contributed by atoms with Gasteiger partial charge in [0.2, 0.25) is 11.9 Å². The molecule has 9 heteroatoms.